The zero-order valence-electron chi connectivity index (χ0n) is 11.8. The molecule has 3 rings (SSSR count). The minimum absolute atomic E-state index is 0.587. The Kier molecular flexibility index (Phi) is 3.24. The molecule has 0 spiro atoms. The van der Waals surface area contributed by atoms with Gasteiger partial charge >= 0.3 is 0 Å². The van der Waals surface area contributed by atoms with Gasteiger partial charge in [-0.15, -0.1) is 0 Å². The number of nitriles is 1. The van der Waals surface area contributed by atoms with E-state index in [2.05, 4.69) is 17.1 Å². The summed E-state index contributed by atoms with van der Waals surface area (Å²) in [6.07, 6.45) is 0. The summed E-state index contributed by atoms with van der Waals surface area (Å²) in [6.45, 7) is 0. The Balaban J connectivity index is 2.31. The predicted octanol–water partition coefficient (Wildman–Crippen LogP) is 3.63. The van der Waals surface area contributed by atoms with Gasteiger partial charge in [0.15, 0.2) is 4.77 Å². The van der Waals surface area contributed by atoms with E-state index in [9.17, 15) is 5.26 Å². The molecule has 21 heavy (non-hydrogen) atoms. The summed E-state index contributed by atoms with van der Waals surface area (Å²) in [5.41, 5.74) is 4.36. The molecule has 0 radical (unpaired) electrons. The fourth-order valence-corrected chi connectivity index (χ4v) is 2.70. The number of aromatic amines is 1. The molecule has 0 bridgehead atoms. The van der Waals surface area contributed by atoms with E-state index in [0.717, 1.165) is 22.4 Å². The van der Waals surface area contributed by atoms with Gasteiger partial charge in [-0.2, -0.15) is 5.26 Å². The second-order valence-corrected chi connectivity index (χ2v) is 5.38. The molecular weight excluding hydrogens is 280 g/mol. The Bertz CT molecular complexity index is 912. The number of rotatable bonds is 2. The molecule has 1 N–H and O–H groups in total. The maximum Gasteiger partial charge on any atom is 0.182 e. The predicted molar refractivity (Wildman–Crippen MR) is 87.5 cm³/mol. The lowest BCUT2D eigenvalue weighted by Crippen LogP contribution is -2.09. The van der Waals surface area contributed by atoms with Crippen molar-refractivity contribution in [3.8, 4) is 11.8 Å². The summed E-state index contributed by atoms with van der Waals surface area (Å²) in [7, 11) is 4.00. The number of H-pyrrole nitrogens is 1. The van der Waals surface area contributed by atoms with Crippen molar-refractivity contribution >= 4 is 28.9 Å². The first-order valence-electron chi connectivity index (χ1n) is 6.53. The molecular formula is C16H14N4S. The van der Waals surface area contributed by atoms with Gasteiger partial charge in [0.1, 0.15) is 6.07 Å². The van der Waals surface area contributed by atoms with Gasteiger partial charge in [-0.05, 0) is 42.5 Å². The molecule has 0 unspecified atom stereocenters. The monoisotopic (exact) mass is 294 g/mol. The van der Waals surface area contributed by atoms with Crippen LogP contribution in [0.15, 0.2) is 42.5 Å². The number of anilines is 1. The third kappa shape index (κ3) is 2.20. The van der Waals surface area contributed by atoms with E-state index >= 15 is 0 Å². The largest absolute Gasteiger partial charge is 0.378 e. The Morgan fingerprint density at radius 3 is 2.67 bits per heavy atom. The SMILES string of the molecule is CN(C)c1cccc(-n2c(=S)[nH]c3c(C#N)cccc32)c1. The molecule has 0 fully saturated rings. The van der Waals surface area contributed by atoms with Crippen molar-refractivity contribution in [1.29, 1.82) is 5.26 Å². The minimum atomic E-state index is 0.587. The van der Waals surface area contributed by atoms with E-state index in [1.54, 1.807) is 6.07 Å². The number of aromatic nitrogens is 2. The van der Waals surface area contributed by atoms with Crippen LogP contribution in [0, 0.1) is 16.1 Å². The Hall–Kier alpha value is -2.58. The van der Waals surface area contributed by atoms with E-state index in [4.69, 9.17) is 12.2 Å². The van der Waals surface area contributed by atoms with E-state index in [-0.39, 0.29) is 0 Å². The molecule has 0 atom stereocenters. The lowest BCUT2D eigenvalue weighted by molar-refractivity contribution is 1.05. The van der Waals surface area contributed by atoms with E-state index in [0.29, 0.717) is 10.3 Å². The van der Waals surface area contributed by atoms with Crippen LogP contribution in [0.25, 0.3) is 16.7 Å². The average molecular weight is 294 g/mol. The number of imidazole rings is 1. The fraction of sp³-hybridized carbons (Fsp3) is 0.125. The number of nitrogens with zero attached hydrogens (tertiary/aromatic N) is 3. The van der Waals surface area contributed by atoms with Crippen LogP contribution in [0.4, 0.5) is 5.69 Å². The summed E-state index contributed by atoms with van der Waals surface area (Å²) in [4.78, 5) is 5.18. The van der Waals surface area contributed by atoms with E-state index in [1.807, 2.05) is 53.9 Å². The molecule has 1 aromatic heterocycles. The molecule has 1 heterocycles. The summed E-state index contributed by atoms with van der Waals surface area (Å²) in [5, 5.41) is 9.20. The molecule has 2 aromatic carbocycles. The van der Waals surface area contributed by atoms with Crippen LogP contribution in [-0.2, 0) is 0 Å². The summed E-state index contributed by atoms with van der Waals surface area (Å²) < 4.78 is 2.54. The molecule has 0 aliphatic rings. The van der Waals surface area contributed by atoms with Crippen molar-refractivity contribution in [2.75, 3.05) is 19.0 Å². The second-order valence-electron chi connectivity index (χ2n) is 4.99. The highest BCUT2D eigenvalue weighted by atomic mass is 32.1. The third-order valence-corrected chi connectivity index (χ3v) is 3.73. The van der Waals surface area contributed by atoms with Gasteiger partial charge in [-0.1, -0.05) is 12.1 Å². The molecule has 104 valence electrons. The quantitative estimate of drug-likeness (QED) is 0.734. The maximum atomic E-state index is 9.20. The number of para-hydroxylation sites is 1. The van der Waals surface area contributed by atoms with Gasteiger partial charge < -0.3 is 9.88 Å². The van der Waals surface area contributed by atoms with Crippen LogP contribution >= 0.6 is 12.2 Å². The average Bonchev–Trinajstić information content (AvgIpc) is 2.83. The molecule has 0 saturated carbocycles. The van der Waals surface area contributed by atoms with Gasteiger partial charge in [-0.25, -0.2) is 0 Å². The van der Waals surface area contributed by atoms with Crippen molar-refractivity contribution in [3.63, 3.8) is 0 Å². The molecule has 0 saturated heterocycles. The molecule has 0 amide bonds. The number of benzene rings is 2. The highest BCUT2D eigenvalue weighted by Gasteiger charge is 2.10. The van der Waals surface area contributed by atoms with Gasteiger partial charge in [0, 0.05) is 19.8 Å². The van der Waals surface area contributed by atoms with Crippen LogP contribution in [-0.4, -0.2) is 23.6 Å². The van der Waals surface area contributed by atoms with Crippen LogP contribution in [0.2, 0.25) is 0 Å². The molecule has 3 aromatic rings. The smallest absolute Gasteiger partial charge is 0.182 e. The highest BCUT2D eigenvalue weighted by molar-refractivity contribution is 7.71. The first kappa shape index (κ1) is 13.4. The van der Waals surface area contributed by atoms with Crippen molar-refractivity contribution < 1.29 is 0 Å². The van der Waals surface area contributed by atoms with Crippen molar-refractivity contribution in [2.45, 2.75) is 0 Å². The Morgan fingerprint density at radius 2 is 1.95 bits per heavy atom. The minimum Gasteiger partial charge on any atom is -0.378 e. The van der Waals surface area contributed by atoms with Crippen LogP contribution in [0.3, 0.4) is 0 Å². The first-order valence-corrected chi connectivity index (χ1v) is 6.94. The van der Waals surface area contributed by atoms with Gasteiger partial charge in [0.25, 0.3) is 0 Å². The van der Waals surface area contributed by atoms with Crippen LogP contribution in [0.1, 0.15) is 5.56 Å². The molecule has 0 aliphatic carbocycles. The van der Waals surface area contributed by atoms with Crippen LogP contribution in [0.5, 0.6) is 0 Å². The molecule has 5 heteroatoms. The van der Waals surface area contributed by atoms with Gasteiger partial charge in [-0.3, -0.25) is 4.57 Å². The van der Waals surface area contributed by atoms with Crippen molar-refractivity contribution in [3.05, 3.63) is 52.8 Å². The standard InChI is InChI=1S/C16H14N4S/c1-19(2)12-6-4-7-13(9-12)20-14-8-3-5-11(10-17)15(14)18-16(20)21/h3-9H,1-2H3,(H,18,21). The maximum absolute atomic E-state index is 9.20. The van der Waals surface area contributed by atoms with Gasteiger partial charge in [0.2, 0.25) is 0 Å². The highest BCUT2D eigenvalue weighted by Crippen LogP contribution is 2.24. The second kappa shape index (κ2) is 5.08. The lowest BCUT2D eigenvalue weighted by Gasteiger charge is -2.14. The normalized spacial score (nSPS) is 10.5. The van der Waals surface area contributed by atoms with Gasteiger partial charge in [0.05, 0.1) is 22.3 Å². The topological polar surface area (TPSA) is 47.8 Å². The lowest BCUT2D eigenvalue weighted by atomic mass is 10.2. The van der Waals surface area contributed by atoms with Crippen LogP contribution < -0.4 is 4.90 Å². The van der Waals surface area contributed by atoms with E-state index < -0.39 is 0 Å². The van der Waals surface area contributed by atoms with Crippen molar-refractivity contribution in [2.24, 2.45) is 0 Å². The Labute approximate surface area is 127 Å². The summed E-state index contributed by atoms with van der Waals surface area (Å²) in [6, 6.07) is 15.9. The zero-order valence-corrected chi connectivity index (χ0v) is 12.6. The number of hydrogen-bond donors (Lipinski definition) is 1. The molecule has 0 aliphatic heterocycles. The first-order chi connectivity index (χ1) is 10.1. The Morgan fingerprint density at radius 1 is 1.19 bits per heavy atom. The molecule has 4 nitrogen and oxygen atoms in total. The van der Waals surface area contributed by atoms with E-state index in [1.165, 1.54) is 0 Å². The summed E-state index contributed by atoms with van der Waals surface area (Å²) >= 11 is 5.44. The van der Waals surface area contributed by atoms with Crippen molar-refractivity contribution in [1.82, 2.24) is 9.55 Å². The number of nitrogens with one attached hydrogen (secondary N) is 1. The fourth-order valence-electron chi connectivity index (χ4n) is 2.39. The zero-order chi connectivity index (χ0) is 15.0. The summed E-state index contributed by atoms with van der Waals surface area (Å²) in [5.74, 6) is 0. The third-order valence-electron chi connectivity index (χ3n) is 3.44. The number of fused-ring (bicyclic) bond motifs is 1. The number of hydrogen-bond acceptors (Lipinski definition) is 3.